The maximum Gasteiger partial charge on any atom is 0.253 e. The molecule has 1 heterocycles. The van der Waals surface area contributed by atoms with E-state index in [1.165, 1.54) is 11.9 Å². The fourth-order valence-corrected chi connectivity index (χ4v) is 2.86. The first-order chi connectivity index (χ1) is 11.5. The largest absolute Gasteiger partial charge is 0.371 e. The molecule has 0 bridgehead atoms. The minimum atomic E-state index is -1.58. The molecule has 1 aliphatic heterocycles. The van der Waals surface area contributed by atoms with Gasteiger partial charge in [-0.2, -0.15) is 0 Å². The number of fused-ring (bicyclic) bond motifs is 1. The number of likely N-dealkylation sites (N-methyl/N-ethyl adjacent to an activating group) is 1. The molecule has 1 amide bonds. The van der Waals surface area contributed by atoms with Gasteiger partial charge in [-0.15, -0.1) is 0 Å². The zero-order chi connectivity index (χ0) is 17.3. The number of carbonyl (C=O) groups is 1. The molecule has 1 aliphatic rings. The summed E-state index contributed by atoms with van der Waals surface area (Å²) in [6.07, 6.45) is 0.498. The number of nitrogens with zero attached hydrogens (tertiary/aromatic N) is 1. The Bertz CT molecular complexity index is 756. The highest BCUT2D eigenvalue weighted by atomic mass is 19.2. The second-order valence-corrected chi connectivity index (χ2v) is 5.75. The van der Waals surface area contributed by atoms with E-state index in [9.17, 15) is 18.0 Å². The summed E-state index contributed by atoms with van der Waals surface area (Å²) in [5.41, 5.74) is 1.92. The molecule has 3 rings (SSSR count). The molecule has 2 aromatic rings. The molecule has 0 saturated carbocycles. The van der Waals surface area contributed by atoms with Crippen LogP contribution in [-0.4, -0.2) is 31.0 Å². The van der Waals surface area contributed by atoms with Crippen molar-refractivity contribution in [1.29, 1.82) is 0 Å². The van der Waals surface area contributed by atoms with Gasteiger partial charge in [0, 0.05) is 12.6 Å². The minimum Gasteiger partial charge on any atom is -0.371 e. The highest BCUT2D eigenvalue weighted by Gasteiger charge is 2.25. The van der Waals surface area contributed by atoms with Crippen molar-refractivity contribution in [3.8, 4) is 0 Å². The van der Waals surface area contributed by atoms with Gasteiger partial charge in [0.15, 0.2) is 17.5 Å². The van der Waals surface area contributed by atoms with Crippen LogP contribution in [-0.2, 0) is 11.2 Å². The lowest BCUT2D eigenvalue weighted by molar-refractivity contribution is 0.0200. The lowest BCUT2D eigenvalue weighted by Crippen LogP contribution is -2.34. The Morgan fingerprint density at radius 3 is 2.58 bits per heavy atom. The molecule has 0 fully saturated rings. The van der Waals surface area contributed by atoms with Crippen molar-refractivity contribution in [2.24, 2.45) is 0 Å². The van der Waals surface area contributed by atoms with Gasteiger partial charge in [-0.1, -0.05) is 24.3 Å². The number of hydrogen-bond donors (Lipinski definition) is 0. The number of halogens is 3. The van der Waals surface area contributed by atoms with Crippen molar-refractivity contribution in [2.45, 2.75) is 12.5 Å². The van der Waals surface area contributed by atoms with Gasteiger partial charge in [-0.05, 0) is 29.7 Å². The first-order valence-corrected chi connectivity index (χ1v) is 7.57. The van der Waals surface area contributed by atoms with Crippen LogP contribution in [0.3, 0.4) is 0 Å². The van der Waals surface area contributed by atoms with Crippen molar-refractivity contribution < 1.29 is 22.7 Å². The Morgan fingerprint density at radius 1 is 1.21 bits per heavy atom. The molecule has 126 valence electrons. The van der Waals surface area contributed by atoms with Gasteiger partial charge in [0.2, 0.25) is 0 Å². The second kappa shape index (κ2) is 6.65. The van der Waals surface area contributed by atoms with Gasteiger partial charge in [0.05, 0.1) is 13.2 Å². The van der Waals surface area contributed by atoms with E-state index in [0.29, 0.717) is 18.7 Å². The van der Waals surface area contributed by atoms with E-state index in [1.807, 2.05) is 24.3 Å². The van der Waals surface area contributed by atoms with Gasteiger partial charge in [-0.3, -0.25) is 4.79 Å². The fourth-order valence-electron chi connectivity index (χ4n) is 2.86. The molecule has 0 aromatic heterocycles. The van der Waals surface area contributed by atoms with Crippen molar-refractivity contribution in [3.63, 3.8) is 0 Å². The molecule has 0 saturated heterocycles. The first-order valence-electron chi connectivity index (χ1n) is 7.57. The van der Waals surface area contributed by atoms with Gasteiger partial charge < -0.3 is 9.64 Å². The Labute approximate surface area is 137 Å². The molecular formula is C18H16F3NO2. The maximum atomic E-state index is 13.3. The Kier molecular flexibility index (Phi) is 4.57. The van der Waals surface area contributed by atoms with Gasteiger partial charge in [0.1, 0.15) is 6.10 Å². The van der Waals surface area contributed by atoms with Crippen LogP contribution in [0.2, 0.25) is 0 Å². The number of benzene rings is 2. The maximum absolute atomic E-state index is 13.3. The third-order valence-electron chi connectivity index (χ3n) is 4.11. The Morgan fingerprint density at radius 2 is 1.88 bits per heavy atom. The molecule has 3 nitrogen and oxygen atoms in total. The Hall–Kier alpha value is -2.34. The topological polar surface area (TPSA) is 29.5 Å². The van der Waals surface area contributed by atoms with Crippen molar-refractivity contribution >= 4 is 5.91 Å². The average molecular weight is 335 g/mol. The van der Waals surface area contributed by atoms with E-state index in [0.717, 1.165) is 17.5 Å². The Balaban J connectivity index is 1.78. The third-order valence-corrected chi connectivity index (χ3v) is 4.11. The lowest BCUT2D eigenvalue weighted by Gasteiger charge is -2.29. The molecule has 24 heavy (non-hydrogen) atoms. The van der Waals surface area contributed by atoms with Crippen molar-refractivity contribution in [1.82, 2.24) is 4.90 Å². The van der Waals surface area contributed by atoms with Crippen LogP contribution >= 0.6 is 0 Å². The second-order valence-electron chi connectivity index (χ2n) is 5.75. The number of ether oxygens (including phenoxy) is 1. The highest BCUT2D eigenvalue weighted by Crippen LogP contribution is 2.27. The van der Waals surface area contributed by atoms with E-state index in [1.54, 1.807) is 0 Å². The number of carbonyl (C=O) groups excluding carboxylic acids is 1. The molecular weight excluding hydrogens is 319 g/mol. The zero-order valence-electron chi connectivity index (χ0n) is 13.1. The first kappa shape index (κ1) is 16.5. The summed E-state index contributed by atoms with van der Waals surface area (Å²) in [6.45, 7) is 0.778. The number of rotatable bonds is 3. The predicted octanol–water partition coefficient (Wildman–Crippen LogP) is 3.49. The van der Waals surface area contributed by atoms with E-state index in [4.69, 9.17) is 4.74 Å². The van der Waals surface area contributed by atoms with Crippen LogP contribution in [0.25, 0.3) is 0 Å². The van der Waals surface area contributed by atoms with Crippen molar-refractivity contribution in [3.05, 3.63) is 70.5 Å². The third kappa shape index (κ3) is 3.14. The normalized spacial score (nSPS) is 16.6. The smallest absolute Gasteiger partial charge is 0.253 e. The summed E-state index contributed by atoms with van der Waals surface area (Å²) < 4.78 is 45.4. The van der Waals surface area contributed by atoms with E-state index in [2.05, 4.69) is 0 Å². The van der Waals surface area contributed by atoms with Crippen LogP contribution in [0.1, 0.15) is 27.6 Å². The molecule has 1 atom stereocenters. The van der Waals surface area contributed by atoms with Crippen LogP contribution in [0.5, 0.6) is 0 Å². The summed E-state index contributed by atoms with van der Waals surface area (Å²) in [6, 6.07) is 9.19. The molecule has 2 aromatic carbocycles. The standard InChI is InChI=1S/C18H16F3NO2/c1-22(18(23)12-8-14(19)17(21)15(20)9-12)10-16-13-5-3-2-4-11(13)6-7-24-16/h2-5,8-9,16H,6-7,10H2,1H3. The molecule has 0 radical (unpaired) electrons. The summed E-state index contributed by atoms with van der Waals surface area (Å²) in [5, 5.41) is 0. The summed E-state index contributed by atoms with van der Waals surface area (Å²) >= 11 is 0. The molecule has 0 spiro atoms. The summed E-state index contributed by atoms with van der Waals surface area (Å²) in [7, 11) is 1.52. The fraction of sp³-hybridized carbons (Fsp3) is 0.278. The summed E-state index contributed by atoms with van der Waals surface area (Å²) in [5.74, 6) is -4.95. The SMILES string of the molecule is CN(CC1OCCc2ccccc21)C(=O)c1cc(F)c(F)c(F)c1. The zero-order valence-corrected chi connectivity index (χ0v) is 13.1. The predicted molar refractivity (Wildman–Crippen MR) is 82.1 cm³/mol. The minimum absolute atomic E-state index is 0.233. The van der Waals surface area contributed by atoms with Gasteiger partial charge in [-0.25, -0.2) is 13.2 Å². The van der Waals surface area contributed by atoms with E-state index >= 15 is 0 Å². The molecule has 0 N–H and O–H groups in total. The van der Waals surface area contributed by atoms with E-state index < -0.39 is 23.4 Å². The van der Waals surface area contributed by atoms with Gasteiger partial charge in [0.25, 0.3) is 5.91 Å². The molecule has 6 heteroatoms. The number of amides is 1. The van der Waals surface area contributed by atoms with Crippen molar-refractivity contribution in [2.75, 3.05) is 20.2 Å². The van der Waals surface area contributed by atoms with Crippen LogP contribution in [0.15, 0.2) is 36.4 Å². The lowest BCUT2D eigenvalue weighted by atomic mass is 9.97. The average Bonchev–Trinajstić information content (AvgIpc) is 2.59. The van der Waals surface area contributed by atoms with E-state index in [-0.39, 0.29) is 18.2 Å². The van der Waals surface area contributed by atoms with Crippen LogP contribution < -0.4 is 0 Å². The van der Waals surface area contributed by atoms with Crippen LogP contribution in [0.4, 0.5) is 13.2 Å². The van der Waals surface area contributed by atoms with Crippen LogP contribution in [0, 0.1) is 17.5 Å². The monoisotopic (exact) mass is 335 g/mol. The van der Waals surface area contributed by atoms with Gasteiger partial charge >= 0.3 is 0 Å². The quantitative estimate of drug-likeness (QED) is 0.804. The summed E-state index contributed by atoms with van der Waals surface area (Å²) in [4.78, 5) is 13.7. The molecule has 0 aliphatic carbocycles. The highest BCUT2D eigenvalue weighted by molar-refractivity contribution is 5.94. The number of hydrogen-bond acceptors (Lipinski definition) is 2. The molecule has 1 unspecified atom stereocenters.